The third-order valence-corrected chi connectivity index (χ3v) is 4.44. The smallest absolute Gasteiger partial charge is 0.221 e. The summed E-state index contributed by atoms with van der Waals surface area (Å²) in [6.07, 6.45) is 4.37. The fourth-order valence-electron chi connectivity index (χ4n) is 3.10. The van der Waals surface area contributed by atoms with Crippen molar-refractivity contribution in [3.8, 4) is 0 Å². The van der Waals surface area contributed by atoms with Crippen LogP contribution in [0.3, 0.4) is 0 Å². The van der Waals surface area contributed by atoms with Crippen LogP contribution in [0.5, 0.6) is 0 Å². The summed E-state index contributed by atoms with van der Waals surface area (Å²) < 4.78 is 0. The van der Waals surface area contributed by atoms with E-state index in [9.17, 15) is 4.79 Å². The molecule has 1 aliphatic rings. The molecule has 0 heterocycles. The average molecular weight is 288 g/mol. The van der Waals surface area contributed by atoms with Crippen LogP contribution in [-0.4, -0.2) is 11.9 Å². The van der Waals surface area contributed by atoms with E-state index in [1.165, 1.54) is 11.1 Å². The van der Waals surface area contributed by atoms with E-state index in [-0.39, 0.29) is 11.3 Å². The van der Waals surface area contributed by atoms with Crippen LogP contribution in [0.4, 0.5) is 5.69 Å². The number of nitrogens with two attached hydrogens (primary N) is 1. The fourth-order valence-corrected chi connectivity index (χ4v) is 3.10. The molecular weight excluding hydrogens is 260 g/mol. The highest BCUT2D eigenvalue weighted by molar-refractivity contribution is 5.89. The van der Waals surface area contributed by atoms with Crippen molar-refractivity contribution in [2.24, 2.45) is 5.73 Å². The Kier molecular flexibility index (Phi) is 4.72. The summed E-state index contributed by atoms with van der Waals surface area (Å²) in [5, 5.41) is 2.99. The number of nitrogens with one attached hydrogen (secondary N) is 1. The number of hydrogen-bond acceptors (Lipinski definition) is 2. The molecule has 0 aromatic heterocycles. The van der Waals surface area contributed by atoms with Gasteiger partial charge in [0.25, 0.3) is 0 Å². The molecule has 1 saturated carbocycles. The van der Waals surface area contributed by atoms with Crippen LogP contribution < -0.4 is 11.1 Å². The fraction of sp³-hybridized carbons (Fsp3) is 0.611. The van der Waals surface area contributed by atoms with Crippen LogP contribution in [0.2, 0.25) is 0 Å². The van der Waals surface area contributed by atoms with Crippen molar-refractivity contribution < 1.29 is 4.79 Å². The number of hydrogen-bond donors (Lipinski definition) is 2. The molecule has 0 radical (unpaired) electrons. The second-order valence-corrected chi connectivity index (χ2v) is 7.34. The molecule has 3 heteroatoms. The van der Waals surface area contributed by atoms with Gasteiger partial charge in [-0.15, -0.1) is 0 Å². The summed E-state index contributed by atoms with van der Waals surface area (Å²) >= 11 is 0. The van der Waals surface area contributed by atoms with E-state index in [1.807, 2.05) is 0 Å². The molecule has 1 amide bonds. The molecule has 21 heavy (non-hydrogen) atoms. The van der Waals surface area contributed by atoms with Crippen molar-refractivity contribution >= 4 is 11.6 Å². The van der Waals surface area contributed by atoms with E-state index in [4.69, 9.17) is 5.73 Å². The lowest BCUT2D eigenvalue weighted by Gasteiger charge is -2.29. The first-order valence-electron chi connectivity index (χ1n) is 7.95. The van der Waals surface area contributed by atoms with Crippen LogP contribution in [0.15, 0.2) is 18.2 Å². The predicted octanol–water partition coefficient (Wildman–Crippen LogP) is 3.93. The minimum absolute atomic E-state index is 0.00716. The molecule has 0 atom stereocenters. The lowest BCUT2D eigenvalue weighted by molar-refractivity contribution is -0.114. The van der Waals surface area contributed by atoms with Gasteiger partial charge in [0.05, 0.1) is 0 Å². The molecule has 0 unspecified atom stereocenters. The Bertz CT molecular complexity index is 508. The first-order valence-corrected chi connectivity index (χ1v) is 7.95. The van der Waals surface area contributed by atoms with Crippen molar-refractivity contribution in [2.45, 2.75) is 70.8 Å². The number of rotatable bonds is 2. The minimum Gasteiger partial charge on any atom is -0.328 e. The van der Waals surface area contributed by atoms with E-state index >= 15 is 0 Å². The SMILES string of the molecule is CC(=O)Nc1ccc(C(C)(C)C)cc1C1CCC(N)CC1. The third-order valence-electron chi connectivity index (χ3n) is 4.44. The van der Waals surface area contributed by atoms with E-state index in [1.54, 1.807) is 6.92 Å². The molecular formula is C18H28N2O. The zero-order valence-corrected chi connectivity index (χ0v) is 13.7. The van der Waals surface area contributed by atoms with Crippen LogP contribution in [0.1, 0.15) is 70.4 Å². The minimum atomic E-state index is -0.00716. The second kappa shape index (κ2) is 6.18. The normalized spacial score (nSPS) is 22.9. The lowest BCUT2D eigenvalue weighted by Crippen LogP contribution is -2.26. The zero-order valence-electron chi connectivity index (χ0n) is 13.7. The van der Waals surface area contributed by atoms with Crippen molar-refractivity contribution in [1.29, 1.82) is 0 Å². The van der Waals surface area contributed by atoms with Gasteiger partial charge in [-0.3, -0.25) is 4.79 Å². The summed E-state index contributed by atoms with van der Waals surface area (Å²) in [6, 6.07) is 6.82. The van der Waals surface area contributed by atoms with Crippen LogP contribution >= 0.6 is 0 Å². The molecule has 116 valence electrons. The molecule has 1 fully saturated rings. The first-order chi connectivity index (χ1) is 9.77. The van der Waals surface area contributed by atoms with Crippen LogP contribution in [0.25, 0.3) is 0 Å². The summed E-state index contributed by atoms with van der Waals surface area (Å²) in [4.78, 5) is 11.5. The Morgan fingerprint density at radius 2 is 1.81 bits per heavy atom. The molecule has 3 N–H and O–H groups in total. The maximum absolute atomic E-state index is 11.5. The van der Waals surface area contributed by atoms with Crippen molar-refractivity contribution in [1.82, 2.24) is 0 Å². The number of amides is 1. The van der Waals surface area contributed by atoms with Gasteiger partial charge in [0.15, 0.2) is 0 Å². The van der Waals surface area contributed by atoms with Crippen LogP contribution in [-0.2, 0) is 10.2 Å². The van der Waals surface area contributed by atoms with Gasteiger partial charge in [0.1, 0.15) is 0 Å². The van der Waals surface area contributed by atoms with Crippen molar-refractivity contribution in [3.05, 3.63) is 29.3 Å². The largest absolute Gasteiger partial charge is 0.328 e. The van der Waals surface area contributed by atoms with Gasteiger partial charge >= 0.3 is 0 Å². The van der Waals surface area contributed by atoms with Gasteiger partial charge in [0, 0.05) is 18.7 Å². The molecule has 0 spiro atoms. The Morgan fingerprint density at radius 1 is 1.19 bits per heavy atom. The maximum atomic E-state index is 11.5. The van der Waals surface area contributed by atoms with Gasteiger partial charge in [-0.05, 0) is 54.2 Å². The Labute approximate surface area is 128 Å². The molecule has 0 bridgehead atoms. The van der Waals surface area contributed by atoms with Gasteiger partial charge in [-0.25, -0.2) is 0 Å². The zero-order chi connectivity index (χ0) is 15.6. The summed E-state index contributed by atoms with van der Waals surface area (Å²) in [5.41, 5.74) is 9.71. The lowest BCUT2D eigenvalue weighted by atomic mass is 9.78. The molecule has 0 aliphatic heterocycles. The van der Waals surface area contributed by atoms with E-state index in [0.29, 0.717) is 12.0 Å². The van der Waals surface area contributed by atoms with Gasteiger partial charge in [-0.2, -0.15) is 0 Å². The maximum Gasteiger partial charge on any atom is 0.221 e. The Balaban J connectivity index is 2.36. The summed E-state index contributed by atoms with van der Waals surface area (Å²) in [6.45, 7) is 8.24. The number of carbonyl (C=O) groups excluding carboxylic acids is 1. The topological polar surface area (TPSA) is 55.1 Å². The summed E-state index contributed by atoms with van der Waals surface area (Å²) in [7, 11) is 0. The summed E-state index contributed by atoms with van der Waals surface area (Å²) in [5.74, 6) is 0.501. The van der Waals surface area contributed by atoms with Crippen molar-refractivity contribution in [2.75, 3.05) is 5.32 Å². The number of anilines is 1. The van der Waals surface area contributed by atoms with Gasteiger partial charge in [0.2, 0.25) is 5.91 Å². The highest BCUT2D eigenvalue weighted by Crippen LogP contribution is 2.38. The van der Waals surface area contributed by atoms with Crippen LogP contribution in [0, 0.1) is 0 Å². The highest BCUT2D eigenvalue weighted by atomic mass is 16.1. The second-order valence-electron chi connectivity index (χ2n) is 7.34. The average Bonchev–Trinajstić information content (AvgIpc) is 2.38. The standard InChI is InChI=1S/C18H28N2O/c1-12(21)20-17-10-7-14(18(2,3)4)11-16(17)13-5-8-15(19)9-6-13/h7,10-11,13,15H,5-6,8-9,19H2,1-4H3,(H,20,21). The monoisotopic (exact) mass is 288 g/mol. The molecule has 2 rings (SSSR count). The van der Waals surface area contributed by atoms with E-state index < -0.39 is 0 Å². The predicted molar refractivity (Wildman–Crippen MR) is 88.6 cm³/mol. The molecule has 0 saturated heterocycles. The van der Waals surface area contributed by atoms with Crippen molar-refractivity contribution in [3.63, 3.8) is 0 Å². The Morgan fingerprint density at radius 3 is 2.33 bits per heavy atom. The van der Waals surface area contributed by atoms with Gasteiger partial charge < -0.3 is 11.1 Å². The van der Waals surface area contributed by atoms with E-state index in [0.717, 1.165) is 31.4 Å². The molecule has 1 aromatic rings. The quantitative estimate of drug-likeness (QED) is 0.866. The Hall–Kier alpha value is -1.35. The van der Waals surface area contributed by atoms with Gasteiger partial charge in [-0.1, -0.05) is 32.9 Å². The molecule has 1 aliphatic carbocycles. The third kappa shape index (κ3) is 4.07. The molecule has 3 nitrogen and oxygen atoms in total. The number of carbonyl (C=O) groups is 1. The van der Waals surface area contributed by atoms with E-state index in [2.05, 4.69) is 44.3 Å². The first kappa shape index (κ1) is 16.0. The highest BCUT2D eigenvalue weighted by Gasteiger charge is 2.24. The number of benzene rings is 1. The molecule has 1 aromatic carbocycles.